The van der Waals surface area contributed by atoms with Gasteiger partial charge in [-0.3, -0.25) is 9.59 Å². The first-order chi connectivity index (χ1) is 13.5. The lowest BCUT2D eigenvalue weighted by molar-refractivity contribution is -0.114. The Kier molecular flexibility index (Phi) is 8.36. The molecule has 2 rings (SSSR count). The minimum atomic E-state index is -0.439. The van der Waals surface area contributed by atoms with Crippen LogP contribution in [0.15, 0.2) is 48.5 Å². The van der Waals surface area contributed by atoms with Crippen molar-refractivity contribution < 1.29 is 23.9 Å². The van der Waals surface area contributed by atoms with E-state index in [1.54, 1.807) is 36.4 Å². The lowest BCUT2D eigenvalue weighted by atomic mass is 10.2. The molecular weight excluding hydrogens is 380 g/mol. The Hall–Kier alpha value is -3.00. The summed E-state index contributed by atoms with van der Waals surface area (Å²) in [6.07, 6.45) is 0. The molecule has 0 aliphatic carbocycles. The minimum absolute atomic E-state index is 0.124. The summed E-state index contributed by atoms with van der Waals surface area (Å²) in [6, 6.07) is 13.6. The summed E-state index contributed by atoms with van der Waals surface area (Å²) in [5.74, 6) is -0.0263. The molecule has 2 amide bonds. The van der Waals surface area contributed by atoms with Crippen molar-refractivity contribution in [3.05, 3.63) is 54.1 Å². The topological polar surface area (TPSA) is 93.7 Å². The highest BCUT2D eigenvalue weighted by Gasteiger charge is 2.10. The molecule has 8 heteroatoms. The molecule has 0 unspecified atom stereocenters. The Balaban J connectivity index is 1.76. The number of carbonyl (C=O) groups excluding carboxylic acids is 3. The van der Waals surface area contributed by atoms with Crippen LogP contribution in [-0.2, 0) is 14.3 Å². The van der Waals surface area contributed by atoms with Crippen LogP contribution >= 0.6 is 11.8 Å². The molecule has 0 aliphatic heterocycles. The number of nitrogens with one attached hydrogen (secondary N) is 2. The summed E-state index contributed by atoms with van der Waals surface area (Å²) in [4.78, 5) is 35.4. The van der Waals surface area contributed by atoms with E-state index in [-0.39, 0.29) is 23.3 Å². The molecule has 28 heavy (non-hydrogen) atoms. The van der Waals surface area contributed by atoms with E-state index in [9.17, 15) is 14.4 Å². The molecule has 7 nitrogen and oxygen atoms in total. The molecule has 0 aliphatic rings. The smallest absolute Gasteiger partial charge is 0.337 e. The van der Waals surface area contributed by atoms with Gasteiger partial charge < -0.3 is 20.1 Å². The van der Waals surface area contributed by atoms with Crippen molar-refractivity contribution in [3.63, 3.8) is 0 Å². The summed E-state index contributed by atoms with van der Waals surface area (Å²) in [6.45, 7) is 2.37. The summed E-state index contributed by atoms with van der Waals surface area (Å²) < 4.78 is 10.1. The van der Waals surface area contributed by atoms with Crippen molar-refractivity contribution >= 4 is 40.9 Å². The fourth-order valence-corrected chi connectivity index (χ4v) is 2.90. The van der Waals surface area contributed by atoms with E-state index in [1.807, 2.05) is 19.1 Å². The number of carbonyl (C=O) groups is 3. The van der Waals surface area contributed by atoms with Crippen molar-refractivity contribution in [3.8, 4) is 5.75 Å². The number of ether oxygens (including phenoxy) is 2. The Morgan fingerprint density at radius 3 is 2.21 bits per heavy atom. The standard InChI is InChI=1S/C20H22N2O5S/c1-3-27-17-7-5-4-6-16(17)22-19(24)13-28-12-18(23)21-15-10-8-14(9-11-15)20(25)26-2/h4-11H,3,12-13H2,1-2H3,(H,21,23)(H,22,24). The van der Waals surface area contributed by atoms with Crippen LogP contribution in [0.1, 0.15) is 17.3 Å². The van der Waals surface area contributed by atoms with E-state index in [4.69, 9.17) is 4.74 Å². The summed E-state index contributed by atoms with van der Waals surface area (Å²) in [7, 11) is 1.31. The van der Waals surface area contributed by atoms with E-state index >= 15 is 0 Å². The summed E-state index contributed by atoms with van der Waals surface area (Å²) >= 11 is 1.20. The molecule has 0 aromatic heterocycles. The highest BCUT2D eigenvalue weighted by atomic mass is 32.2. The van der Waals surface area contributed by atoms with Gasteiger partial charge in [0.15, 0.2) is 0 Å². The van der Waals surface area contributed by atoms with Crippen LogP contribution in [-0.4, -0.2) is 43.0 Å². The van der Waals surface area contributed by atoms with Crippen LogP contribution in [0.2, 0.25) is 0 Å². The van der Waals surface area contributed by atoms with Gasteiger partial charge in [0, 0.05) is 5.69 Å². The van der Waals surface area contributed by atoms with Gasteiger partial charge in [-0.2, -0.15) is 0 Å². The molecule has 0 saturated heterocycles. The van der Waals surface area contributed by atoms with Crippen molar-refractivity contribution in [2.75, 3.05) is 35.9 Å². The molecule has 2 N–H and O–H groups in total. The molecule has 0 heterocycles. The molecule has 0 saturated carbocycles. The van der Waals surface area contributed by atoms with Crippen LogP contribution < -0.4 is 15.4 Å². The van der Waals surface area contributed by atoms with Crippen LogP contribution in [0.3, 0.4) is 0 Å². The molecule has 0 fully saturated rings. The number of methoxy groups -OCH3 is 1. The van der Waals surface area contributed by atoms with Gasteiger partial charge >= 0.3 is 5.97 Å². The fraction of sp³-hybridized carbons (Fsp3) is 0.250. The predicted molar refractivity (Wildman–Crippen MR) is 110 cm³/mol. The monoisotopic (exact) mass is 402 g/mol. The Morgan fingerprint density at radius 1 is 0.929 bits per heavy atom. The van der Waals surface area contributed by atoms with Gasteiger partial charge in [-0.25, -0.2) is 4.79 Å². The van der Waals surface area contributed by atoms with Crippen molar-refractivity contribution in [2.24, 2.45) is 0 Å². The quantitative estimate of drug-likeness (QED) is 0.626. The number of benzene rings is 2. The van der Waals surface area contributed by atoms with E-state index in [0.717, 1.165) is 0 Å². The predicted octanol–water partition coefficient (Wildman–Crippen LogP) is 3.18. The number of hydrogen-bond acceptors (Lipinski definition) is 6. The third-order valence-electron chi connectivity index (χ3n) is 3.52. The van der Waals surface area contributed by atoms with E-state index in [1.165, 1.54) is 18.9 Å². The van der Waals surface area contributed by atoms with E-state index < -0.39 is 5.97 Å². The fourth-order valence-electron chi connectivity index (χ4n) is 2.28. The number of hydrogen-bond donors (Lipinski definition) is 2. The second kappa shape index (κ2) is 11.0. The molecule has 0 spiro atoms. The largest absolute Gasteiger partial charge is 0.492 e. The second-order valence-electron chi connectivity index (χ2n) is 5.59. The van der Waals surface area contributed by atoms with E-state index in [2.05, 4.69) is 15.4 Å². The van der Waals surface area contributed by atoms with Crippen LogP contribution in [0.4, 0.5) is 11.4 Å². The normalized spacial score (nSPS) is 10.1. The van der Waals surface area contributed by atoms with Crippen LogP contribution in [0.5, 0.6) is 5.75 Å². The van der Waals surface area contributed by atoms with Crippen molar-refractivity contribution in [1.82, 2.24) is 0 Å². The Bertz CT molecular complexity index is 824. The maximum atomic E-state index is 12.1. The van der Waals surface area contributed by atoms with Gasteiger partial charge in [0.25, 0.3) is 0 Å². The summed E-state index contributed by atoms with van der Waals surface area (Å²) in [5.41, 5.74) is 1.57. The zero-order chi connectivity index (χ0) is 20.4. The number of anilines is 2. The summed E-state index contributed by atoms with van der Waals surface area (Å²) in [5, 5.41) is 5.49. The first-order valence-electron chi connectivity index (χ1n) is 8.61. The number of esters is 1. The van der Waals surface area contributed by atoms with E-state index in [0.29, 0.717) is 29.3 Å². The minimum Gasteiger partial charge on any atom is -0.492 e. The van der Waals surface area contributed by atoms with Gasteiger partial charge in [0.05, 0.1) is 36.5 Å². The average Bonchev–Trinajstić information content (AvgIpc) is 2.69. The van der Waals surface area contributed by atoms with Gasteiger partial charge in [-0.1, -0.05) is 12.1 Å². The maximum Gasteiger partial charge on any atom is 0.337 e. The van der Waals surface area contributed by atoms with Gasteiger partial charge in [0.2, 0.25) is 11.8 Å². The van der Waals surface area contributed by atoms with Gasteiger partial charge in [0.1, 0.15) is 5.75 Å². The highest BCUT2D eigenvalue weighted by molar-refractivity contribution is 8.00. The molecule has 148 valence electrons. The zero-order valence-electron chi connectivity index (χ0n) is 15.7. The maximum absolute atomic E-state index is 12.1. The molecular formula is C20H22N2O5S. The molecule has 2 aromatic rings. The third kappa shape index (κ3) is 6.62. The third-order valence-corrected chi connectivity index (χ3v) is 4.45. The molecule has 0 atom stereocenters. The number of amides is 2. The molecule has 0 bridgehead atoms. The lowest BCUT2D eigenvalue weighted by Gasteiger charge is -2.11. The Labute approximate surface area is 167 Å². The SMILES string of the molecule is CCOc1ccccc1NC(=O)CSCC(=O)Nc1ccc(C(=O)OC)cc1. The first-order valence-corrected chi connectivity index (χ1v) is 9.76. The Morgan fingerprint density at radius 2 is 1.57 bits per heavy atom. The van der Waals surface area contributed by atoms with Crippen LogP contribution in [0.25, 0.3) is 0 Å². The number of rotatable bonds is 9. The highest BCUT2D eigenvalue weighted by Crippen LogP contribution is 2.23. The molecule has 0 radical (unpaired) electrons. The zero-order valence-corrected chi connectivity index (χ0v) is 16.5. The van der Waals surface area contributed by atoms with Crippen molar-refractivity contribution in [1.29, 1.82) is 0 Å². The van der Waals surface area contributed by atoms with Crippen molar-refractivity contribution in [2.45, 2.75) is 6.92 Å². The number of thioether (sulfide) groups is 1. The van der Waals surface area contributed by atoms with Crippen LogP contribution in [0, 0.1) is 0 Å². The molecule has 2 aromatic carbocycles. The van der Waals surface area contributed by atoms with Gasteiger partial charge in [-0.15, -0.1) is 11.8 Å². The van der Waals surface area contributed by atoms with Gasteiger partial charge in [-0.05, 0) is 43.3 Å². The second-order valence-corrected chi connectivity index (χ2v) is 6.57. The average molecular weight is 402 g/mol. The lowest BCUT2D eigenvalue weighted by Crippen LogP contribution is -2.18. The first kappa shape index (κ1) is 21.3. The number of para-hydroxylation sites is 2.